The predicted octanol–water partition coefficient (Wildman–Crippen LogP) is 1.55. The molecule has 0 spiro atoms. The van der Waals surface area contributed by atoms with Gasteiger partial charge in [0.2, 0.25) is 0 Å². The van der Waals surface area contributed by atoms with Crippen molar-refractivity contribution in [2.75, 3.05) is 20.1 Å². The first-order chi connectivity index (χ1) is 3.81. The third-order valence-corrected chi connectivity index (χ3v) is 1.15. The Hall–Kier alpha value is -0.0400. The lowest BCUT2D eigenvalue weighted by Crippen LogP contribution is -2.19. The van der Waals surface area contributed by atoms with Crippen LogP contribution in [0.3, 0.4) is 0 Å². The zero-order valence-corrected chi connectivity index (χ0v) is 5.98. The van der Waals surface area contributed by atoms with Gasteiger partial charge in [-0.25, -0.2) is 0 Å². The quantitative estimate of drug-likeness (QED) is 0.536. The Labute approximate surface area is 52.7 Å². The molecule has 0 aromatic rings. The van der Waals surface area contributed by atoms with E-state index in [4.69, 9.17) is 0 Å². The maximum absolute atomic E-state index is 3.77. The van der Waals surface area contributed by atoms with Gasteiger partial charge >= 0.3 is 0 Å². The van der Waals surface area contributed by atoms with Gasteiger partial charge in [0.15, 0.2) is 0 Å². The van der Waals surface area contributed by atoms with E-state index in [-0.39, 0.29) is 0 Å². The first kappa shape index (κ1) is 7.96. The van der Waals surface area contributed by atoms with Crippen LogP contribution < -0.4 is 0 Å². The highest BCUT2D eigenvalue weighted by atomic mass is 15.1. The van der Waals surface area contributed by atoms with E-state index in [0.717, 1.165) is 13.0 Å². The topological polar surface area (TPSA) is 3.24 Å². The number of rotatable bonds is 4. The maximum atomic E-state index is 3.77. The molecule has 0 rings (SSSR count). The largest absolute Gasteiger partial charge is 0.306 e. The number of hydrogen-bond acceptors (Lipinski definition) is 1. The van der Waals surface area contributed by atoms with E-state index in [2.05, 4.69) is 25.8 Å². The van der Waals surface area contributed by atoms with E-state index >= 15 is 0 Å². The van der Waals surface area contributed by atoms with Crippen LogP contribution in [-0.4, -0.2) is 25.0 Å². The molecule has 0 aliphatic carbocycles. The van der Waals surface area contributed by atoms with Gasteiger partial charge < -0.3 is 4.90 Å². The van der Waals surface area contributed by atoms with Gasteiger partial charge in [0.05, 0.1) is 0 Å². The summed E-state index contributed by atoms with van der Waals surface area (Å²) < 4.78 is 0. The Morgan fingerprint density at radius 3 is 2.38 bits per heavy atom. The highest BCUT2D eigenvalue weighted by Gasteiger charge is 1.90. The van der Waals surface area contributed by atoms with Crippen LogP contribution in [0.15, 0.2) is 0 Å². The Kier molecular flexibility index (Phi) is 5.08. The van der Waals surface area contributed by atoms with Crippen LogP contribution in [0.5, 0.6) is 0 Å². The van der Waals surface area contributed by atoms with E-state index in [9.17, 15) is 0 Å². The van der Waals surface area contributed by atoms with Gasteiger partial charge in [-0.3, -0.25) is 0 Å². The summed E-state index contributed by atoms with van der Waals surface area (Å²) in [5.74, 6) is 0. The Bertz CT molecular complexity index is 37.7. The molecule has 0 aliphatic heterocycles. The van der Waals surface area contributed by atoms with E-state index in [0.29, 0.717) is 0 Å². The second kappa shape index (κ2) is 5.10. The van der Waals surface area contributed by atoms with Gasteiger partial charge in [0.25, 0.3) is 0 Å². The molecule has 0 saturated carbocycles. The molecular weight excluding hydrogens is 98.1 g/mol. The molecule has 1 nitrogen and oxygen atoms in total. The summed E-state index contributed by atoms with van der Waals surface area (Å²) >= 11 is 0. The summed E-state index contributed by atoms with van der Waals surface area (Å²) in [5, 5.41) is 0. The van der Waals surface area contributed by atoms with Crippen LogP contribution in [-0.2, 0) is 0 Å². The summed E-state index contributed by atoms with van der Waals surface area (Å²) in [4.78, 5) is 2.30. The molecule has 49 valence electrons. The second-order valence-corrected chi connectivity index (χ2v) is 2.16. The summed E-state index contributed by atoms with van der Waals surface area (Å²) in [7, 11) is 2.13. The molecule has 0 bridgehead atoms. The monoisotopic (exact) mass is 114 g/mol. The highest BCUT2D eigenvalue weighted by molar-refractivity contribution is 4.49. The van der Waals surface area contributed by atoms with Crippen LogP contribution in [0.4, 0.5) is 0 Å². The fourth-order valence-corrected chi connectivity index (χ4v) is 0.763. The van der Waals surface area contributed by atoms with Crippen molar-refractivity contribution in [2.45, 2.75) is 19.8 Å². The summed E-state index contributed by atoms with van der Waals surface area (Å²) in [6, 6.07) is 0. The second-order valence-electron chi connectivity index (χ2n) is 2.16. The van der Waals surface area contributed by atoms with Crippen molar-refractivity contribution >= 4 is 0 Å². The normalized spacial score (nSPS) is 10.5. The van der Waals surface area contributed by atoms with Gasteiger partial charge in [-0.2, -0.15) is 0 Å². The number of hydrogen-bond donors (Lipinski definition) is 0. The van der Waals surface area contributed by atoms with Gasteiger partial charge in [0, 0.05) is 0 Å². The minimum absolute atomic E-state index is 1.02. The molecule has 0 N–H and O–H groups in total. The molecule has 1 heteroatoms. The van der Waals surface area contributed by atoms with Crippen LogP contribution in [0.1, 0.15) is 19.8 Å². The van der Waals surface area contributed by atoms with Crippen LogP contribution in [0, 0.1) is 6.92 Å². The molecule has 0 aromatic heterocycles. The lowest BCUT2D eigenvalue weighted by molar-refractivity contribution is 0.341. The van der Waals surface area contributed by atoms with Crippen molar-refractivity contribution in [3.8, 4) is 0 Å². The van der Waals surface area contributed by atoms with Gasteiger partial charge in [-0.05, 0) is 33.0 Å². The van der Waals surface area contributed by atoms with Gasteiger partial charge in [0.1, 0.15) is 0 Å². The van der Waals surface area contributed by atoms with E-state index in [1.807, 2.05) is 0 Å². The van der Waals surface area contributed by atoms with E-state index in [1.54, 1.807) is 0 Å². The Balaban J connectivity index is 2.92. The predicted molar refractivity (Wildman–Crippen MR) is 37.8 cm³/mol. The maximum Gasteiger partial charge on any atom is -0.00218 e. The molecule has 0 aromatic carbocycles. The van der Waals surface area contributed by atoms with Gasteiger partial charge in [-0.15, -0.1) is 0 Å². The van der Waals surface area contributed by atoms with Crippen molar-refractivity contribution in [2.24, 2.45) is 0 Å². The zero-order valence-electron chi connectivity index (χ0n) is 5.98. The molecule has 0 saturated heterocycles. The van der Waals surface area contributed by atoms with E-state index < -0.39 is 0 Å². The average Bonchev–Trinajstić information content (AvgIpc) is 1.68. The lowest BCUT2D eigenvalue weighted by Gasteiger charge is -2.12. The van der Waals surface area contributed by atoms with Crippen molar-refractivity contribution in [3.63, 3.8) is 0 Å². The lowest BCUT2D eigenvalue weighted by atomic mass is 10.4. The van der Waals surface area contributed by atoms with E-state index in [1.165, 1.54) is 13.0 Å². The smallest absolute Gasteiger partial charge is 0.00218 e. The van der Waals surface area contributed by atoms with Crippen molar-refractivity contribution in [3.05, 3.63) is 6.92 Å². The van der Waals surface area contributed by atoms with Crippen LogP contribution >= 0.6 is 0 Å². The molecule has 0 atom stereocenters. The highest BCUT2D eigenvalue weighted by Crippen LogP contribution is 1.86. The molecule has 0 amide bonds. The fraction of sp³-hybridized carbons (Fsp3) is 0.857. The minimum Gasteiger partial charge on any atom is -0.306 e. The van der Waals surface area contributed by atoms with Crippen LogP contribution in [0.25, 0.3) is 0 Å². The van der Waals surface area contributed by atoms with Crippen LogP contribution in [0.2, 0.25) is 0 Å². The molecule has 8 heavy (non-hydrogen) atoms. The summed E-state index contributed by atoms with van der Waals surface area (Å²) in [5.41, 5.74) is 0. The Morgan fingerprint density at radius 1 is 1.38 bits per heavy atom. The molecule has 1 radical (unpaired) electrons. The minimum atomic E-state index is 1.02. The first-order valence-corrected chi connectivity index (χ1v) is 3.29. The molecular formula is C7H16N. The molecule has 0 aliphatic rings. The standard InChI is InChI=1S/C7H16N/c1-4-6-8(3)7-5-2/h1,4-7H2,2-3H3. The molecule has 0 heterocycles. The Morgan fingerprint density at radius 2 is 2.00 bits per heavy atom. The molecule has 0 unspecified atom stereocenters. The average molecular weight is 114 g/mol. The zero-order chi connectivity index (χ0) is 6.41. The first-order valence-electron chi connectivity index (χ1n) is 3.29. The van der Waals surface area contributed by atoms with Crippen molar-refractivity contribution < 1.29 is 0 Å². The molecule has 0 fully saturated rings. The third-order valence-electron chi connectivity index (χ3n) is 1.15. The summed E-state index contributed by atoms with van der Waals surface area (Å²) in [6.45, 7) is 8.30. The summed E-state index contributed by atoms with van der Waals surface area (Å²) in [6.07, 6.45) is 2.27. The third kappa shape index (κ3) is 4.13. The van der Waals surface area contributed by atoms with Crippen molar-refractivity contribution in [1.82, 2.24) is 4.90 Å². The SMILES string of the molecule is [CH2]CCN(C)CCC. The van der Waals surface area contributed by atoms with Crippen molar-refractivity contribution in [1.29, 1.82) is 0 Å². The fourth-order valence-electron chi connectivity index (χ4n) is 0.763. The van der Waals surface area contributed by atoms with Gasteiger partial charge in [-0.1, -0.05) is 13.8 Å². The number of nitrogens with zero attached hydrogens (tertiary/aromatic N) is 1.